The molecule has 2 rings (SSSR count). The molecule has 1 aromatic carbocycles. The number of para-hydroxylation sites is 1. The van der Waals surface area contributed by atoms with Crippen molar-refractivity contribution in [1.82, 2.24) is 0 Å². The third-order valence-corrected chi connectivity index (χ3v) is 4.23. The molecule has 3 heteroatoms. The van der Waals surface area contributed by atoms with Crippen molar-refractivity contribution >= 4 is 11.6 Å². The molecule has 2 unspecified atom stereocenters. The molecule has 0 aliphatic carbocycles. The molecule has 0 radical (unpaired) electrons. The molecule has 1 aliphatic heterocycles. The highest BCUT2D eigenvalue weighted by Crippen LogP contribution is 2.37. The van der Waals surface area contributed by atoms with Crippen molar-refractivity contribution in [1.29, 1.82) is 0 Å². The summed E-state index contributed by atoms with van der Waals surface area (Å²) in [7, 11) is 0. The number of aryl methyl sites for hydroxylation is 1. The van der Waals surface area contributed by atoms with Gasteiger partial charge in [0.1, 0.15) is 0 Å². The Bertz CT molecular complexity index is 482. The van der Waals surface area contributed by atoms with Crippen LogP contribution in [0.3, 0.4) is 0 Å². The number of nitrogens with zero attached hydrogens (tertiary/aromatic N) is 1. The Morgan fingerprint density at radius 3 is 2.63 bits per heavy atom. The number of carbonyl (C=O) groups is 1. The normalized spacial score (nSPS) is 23.5. The Morgan fingerprint density at radius 2 is 2.11 bits per heavy atom. The van der Waals surface area contributed by atoms with Crippen molar-refractivity contribution < 1.29 is 4.79 Å². The summed E-state index contributed by atoms with van der Waals surface area (Å²) in [6.45, 7) is 9.11. The van der Waals surface area contributed by atoms with Crippen LogP contribution in [-0.2, 0) is 4.79 Å². The highest BCUT2D eigenvalue weighted by molar-refractivity contribution is 5.98. The van der Waals surface area contributed by atoms with Gasteiger partial charge < -0.3 is 10.6 Å². The van der Waals surface area contributed by atoms with Crippen molar-refractivity contribution in [2.75, 3.05) is 11.4 Å². The van der Waals surface area contributed by atoms with Crippen LogP contribution in [0.25, 0.3) is 0 Å². The topological polar surface area (TPSA) is 46.3 Å². The first-order chi connectivity index (χ1) is 8.97. The second kappa shape index (κ2) is 5.33. The van der Waals surface area contributed by atoms with Crippen LogP contribution >= 0.6 is 0 Å². The summed E-state index contributed by atoms with van der Waals surface area (Å²) < 4.78 is 0. The molecule has 19 heavy (non-hydrogen) atoms. The van der Waals surface area contributed by atoms with Gasteiger partial charge in [-0.2, -0.15) is 0 Å². The van der Waals surface area contributed by atoms with Gasteiger partial charge in [0.25, 0.3) is 0 Å². The first-order valence-corrected chi connectivity index (χ1v) is 7.09. The van der Waals surface area contributed by atoms with Gasteiger partial charge >= 0.3 is 0 Å². The summed E-state index contributed by atoms with van der Waals surface area (Å²) in [5, 5.41) is 0. The van der Waals surface area contributed by atoms with Crippen molar-refractivity contribution in [3.63, 3.8) is 0 Å². The van der Waals surface area contributed by atoms with E-state index in [1.165, 1.54) is 11.1 Å². The van der Waals surface area contributed by atoms with Crippen LogP contribution in [-0.4, -0.2) is 18.5 Å². The van der Waals surface area contributed by atoms with E-state index in [2.05, 4.69) is 45.9 Å². The van der Waals surface area contributed by atoms with Gasteiger partial charge in [-0.1, -0.05) is 32.0 Å². The number of benzene rings is 1. The minimum Gasteiger partial charge on any atom is -0.330 e. The number of rotatable bonds is 3. The zero-order valence-corrected chi connectivity index (χ0v) is 12.3. The molecule has 1 aromatic rings. The van der Waals surface area contributed by atoms with Gasteiger partial charge in [0.05, 0.1) is 5.69 Å². The van der Waals surface area contributed by atoms with Crippen molar-refractivity contribution in [2.24, 2.45) is 11.7 Å². The predicted molar refractivity (Wildman–Crippen MR) is 79.4 cm³/mol. The first-order valence-electron chi connectivity index (χ1n) is 7.09. The van der Waals surface area contributed by atoms with E-state index >= 15 is 0 Å². The third kappa shape index (κ3) is 2.39. The minimum atomic E-state index is 0.191. The van der Waals surface area contributed by atoms with E-state index in [0.717, 1.165) is 5.69 Å². The van der Waals surface area contributed by atoms with Crippen molar-refractivity contribution in [3.8, 4) is 0 Å². The fourth-order valence-electron chi connectivity index (χ4n) is 3.02. The molecule has 0 bridgehead atoms. The van der Waals surface area contributed by atoms with Gasteiger partial charge in [0.2, 0.25) is 5.91 Å². The monoisotopic (exact) mass is 260 g/mol. The molecular weight excluding hydrogens is 236 g/mol. The van der Waals surface area contributed by atoms with E-state index in [4.69, 9.17) is 5.73 Å². The average molecular weight is 260 g/mol. The van der Waals surface area contributed by atoms with Gasteiger partial charge in [0, 0.05) is 18.4 Å². The SMILES string of the molecule is Cc1cccc(C(C)C)c1N1C(=O)CC(CN)C1C. The number of hydrogen-bond acceptors (Lipinski definition) is 2. The molecule has 0 saturated carbocycles. The lowest BCUT2D eigenvalue weighted by Crippen LogP contribution is -2.36. The number of amides is 1. The zero-order chi connectivity index (χ0) is 14.2. The maximum atomic E-state index is 12.4. The van der Waals surface area contributed by atoms with Crippen LogP contribution in [0.5, 0.6) is 0 Å². The molecule has 1 amide bonds. The molecule has 104 valence electrons. The third-order valence-electron chi connectivity index (χ3n) is 4.23. The first kappa shape index (κ1) is 14.1. The van der Waals surface area contributed by atoms with E-state index in [1.54, 1.807) is 0 Å². The predicted octanol–water partition coefficient (Wildman–Crippen LogP) is 2.82. The Balaban J connectivity index is 2.50. The second-order valence-electron chi connectivity index (χ2n) is 5.87. The Kier molecular flexibility index (Phi) is 3.95. The van der Waals surface area contributed by atoms with E-state index < -0.39 is 0 Å². The zero-order valence-electron chi connectivity index (χ0n) is 12.3. The summed E-state index contributed by atoms with van der Waals surface area (Å²) >= 11 is 0. The fraction of sp³-hybridized carbons (Fsp3) is 0.562. The molecule has 3 nitrogen and oxygen atoms in total. The molecule has 1 aliphatic rings. The lowest BCUT2D eigenvalue weighted by molar-refractivity contribution is -0.117. The largest absolute Gasteiger partial charge is 0.330 e. The Hall–Kier alpha value is -1.35. The minimum absolute atomic E-state index is 0.191. The molecule has 0 spiro atoms. The summed E-state index contributed by atoms with van der Waals surface area (Å²) in [4.78, 5) is 14.3. The van der Waals surface area contributed by atoms with Crippen molar-refractivity contribution in [2.45, 2.75) is 46.1 Å². The maximum absolute atomic E-state index is 12.4. The van der Waals surface area contributed by atoms with E-state index in [0.29, 0.717) is 18.9 Å². The lowest BCUT2D eigenvalue weighted by Gasteiger charge is -2.29. The molecule has 1 saturated heterocycles. The number of carbonyl (C=O) groups excluding carboxylic acids is 1. The summed E-state index contributed by atoms with van der Waals surface area (Å²) in [5.74, 6) is 0.887. The standard InChI is InChI=1S/C16H24N2O/c1-10(2)14-7-5-6-11(3)16(14)18-12(4)13(9-17)8-15(18)19/h5-7,10,12-13H,8-9,17H2,1-4H3. The molecule has 1 fully saturated rings. The summed E-state index contributed by atoms with van der Waals surface area (Å²) in [5.41, 5.74) is 9.30. The summed E-state index contributed by atoms with van der Waals surface area (Å²) in [6, 6.07) is 6.47. The van der Waals surface area contributed by atoms with E-state index in [-0.39, 0.29) is 17.9 Å². The number of nitrogens with two attached hydrogens (primary N) is 1. The second-order valence-corrected chi connectivity index (χ2v) is 5.87. The van der Waals surface area contributed by atoms with Gasteiger partial charge in [-0.25, -0.2) is 0 Å². The average Bonchev–Trinajstić information content (AvgIpc) is 2.64. The van der Waals surface area contributed by atoms with Crippen LogP contribution in [0.15, 0.2) is 18.2 Å². The van der Waals surface area contributed by atoms with Crippen molar-refractivity contribution in [3.05, 3.63) is 29.3 Å². The highest BCUT2D eigenvalue weighted by Gasteiger charge is 2.38. The Morgan fingerprint density at radius 1 is 1.42 bits per heavy atom. The molecule has 2 N–H and O–H groups in total. The van der Waals surface area contributed by atoms with Gasteiger partial charge in [-0.3, -0.25) is 4.79 Å². The molecule has 0 aromatic heterocycles. The van der Waals surface area contributed by atoms with Crippen LogP contribution in [0.2, 0.25) is 0 Å². The number of anilines is 1. The van der Waals surface area contributed by atoms with Gasteiger partial charge in [0.15, 0.2) is 0 Å². The summed E-state index contributed by atoms with van der Waals surface area (Å²) in [6.07, 6.45) is 0.573. The van der Waals surface area contributed by atoms with Crippen LogP contribution in [0.4, 0.5) is 5.69 Å². The van der Waals surface area contributed by atoms with Crippen LogP contribution in [0.1, 0.15) is 44.2 Å². The molecule has 2 atom stereocenters. The van der Waals surface area contributed by atoms with Crippen LogP contribution < -0.4 is 10.6 Å². The molecule has 1 heterocycles. The van der Waals surface area contributed by atoms with E-state index in [9.17, 15) is 4.79 Å². The smallest absolute Gasteiger partial charge is 0.227 e. The number of hydrogen-bond donors (Lipinski definition) is 1. The maximum Gasteiger partial charge on any atom is 0.227 e. The quantitative estimate of drug-likeness (QED) is 0.908. The van der Waals surface area contributed by atoms with Crippen LogP contribution in [0, 0.1) is 12.8 Å². The highest BCUT2D eigenvalue weighted by atomic mass is 16.2. The van der Waals surface area contributed by atoms with Gasteiger partial charge in [-0.05, 0) is 37.4 Å². The Labute approximate surface area is 115 Å². The van der Waals surface area contributed by atoms with E-state index in [1.807, 2.05) is 4.90 Å². The van der Waals surface area contributed by atoms with Gasteiger partial charge in [-0.15, -0.1) is 0 Å². The lowest BCUT2D eigenvalue weighted by atomic mass is 9.96. The fourth-order valence-corrected chi connectivity index (χ4v) is 3.02. The molecular formula is C16H24N2O.